The van der Waals surface area contributed by atoms with Crippen LogP contribution in [0.15, 0.2) is 35.1 Å². The van der Waals surface area contributed by atoms with Crippen LogP contribution in [0.25, 0.3) is 11.0 Å². The van der Waals surface area contributed by atoms with E-state index in [0.717, 1.165) is 4.88 Å². The smallest absolute Gasteiger partial charge is 0.335 e. The summed E-state index contributed by atoms with van der Waals surface area (Å²) in [4.78, 5) is 26.5. The van der Waals surface area contributed by atoms with Crippen LogP contribution in [0.5, 0.6) is 0 Å². The Morgan fingerprint density at radius 2 is 2.15 bits per heavy atom. The predicted octanol–water partition coefficient (Wildman–Crippen LogP) is 2.79. The number of aromatic carboxylic acids is 1. The SMILES string of the molecule is O=C(O)c1ccc2c(c1)[nH]c(=O)n2Cc1ccc(Cl)s1. The minimum absolute atomic E-state index is 0.144. The van der Waals surface area contributed by atoms with Crippen molar-refractivity contribution >= 4 is 39.9 Å². The van der Waals surface area contributed by atoms with Crippen molar-refractivity contribution in [2.75, 3.05) is 0 Å². The maximum absolute atomic E-state index is 12.0. The zero-order valence-corrected chi connectivity index (χ0v) is 11.7. The first-order valence-corrected chi connectivity index (χ1v) is 6.94. The second-order valence-corrected chi connectivity index (χ2v) is 6.06. The van der Waals surface area contributed by atoms with Crippen LogP contribution in [0.2, 0.25) is 4.34 Å². The van der Waals surface area contributed by atoms with Crippen LogP contribution in [0.4, 0.5) is 0 Å². The van der Waals surface area contributed by atoms with Crippen LogP contribution < -0.4 is 5.69 Å². The standard InChI is InChI=1S/C13H9ClN2O3S/c14-11-4-2-8(20-11)6-16-10-3-1-7(12(17)18)5-9(10)15-13(16)19/h1-5H,6H2,(H,15,19)(H,17,18). The van der Waals surface area contributed by atoms with E-state index < -0.39 is 5.97 Å². The minimum atomic E-state index is -1.02. The molecule has 20 heavy (non-hydrogen) atoms. The molecular formula is C13H9ClN2O3S. The van der Waals surface area contributed by atoms with Crippen LogP contribution >= 0.6 is 22.9 Å². The number of hydrogen-bond acceptors (Lipinski definition) is 3. The van der Waals surface area contributed by atoms with Crippen molar-refractivity contribution in [3.63, 3.8) is 0 Å². The maximum Gasteiger partial charge on any atom is 0.335 e. The topological polar surface area (TPSA) is 75.1 Å². The molecule has 1 aromatic carbocycles. The molecule has 2 N–H and O–H groups in total. The molecule has 102 valence electrons. The van der Waals surface area contributed by atoms with E-state index >= 15 is 0 Å². The third-order valence-corrected chi connectivity index (χ3v) is 4.18. The Balaban J connectivity index is 2.09. The average molecular weight is 309 g/mol. The minimum Gasteiger partial charge on any atom is -0.478 e. The van der Waals surface area contributed by atoms with Gasteiger partial charge in [-0.3, -0.25) is 4.57 Å². The number of carboxylic acids is 1. The first-order valence-electron chi connectivity index (χ1n) is 5.74. The highest BCUT2D eigenvalue weighted by Gasteiger charge is 2.11. The van der Waals surface area contributed by atoms with Crippen molar-refractivity contribution in [2.45, 2.75) is 6.54 Å². The van der Waals surface area contributed by atoms with E-state index in [1.54, 1.807) is 16.7 Å². The molecule has 0 aliphatic rings. The fraction of sp³-hybridized carbons (Fsp3) is 0.0769. The lowest BCUT2D eigenvalue weighted by Crippen LogP contribution is -2.16. The van der Waals surface area contributed by atoms with Crippen LogP contribution in [-0.2, 0) is 6.54 Å². The van der Waals surface area contributed by atoms with Crippen molar-refractivity contribution in [3.8, 4) is 0 Å². The highest BCUT2D eigenvalue weighted by atomic mass is 35.5. The summed E-state index contributed by atoms with van der Waals surface area (Å²) < 4.78 is 2.23. The molecule has 0 unspecified atom stereocenters. The lowest BCUT2D eigenvalue weighted by Gasteiger charge is -2.01. The number of H-pyrrole nitrogens is 1. The second-order valence-electron chi connectivity index (χ2n) is 4.26. The second kappa shape index (κ2) is 4.81. The highest BCUT2D eigenvalue weighted by Crippen LogP contribution is 2.23. The van der Waals surface area contributed by atoms with Gasteiger partial charge in [-0.1, -0.05) is 11.6 Å². The Labute approximate surface area is 122 Å². The van der Waals surface area contributed by atoms with Crippen LogP contribution in [0.1, 0.15) is 15.2 Å². The van der Waals surface area contributed by atoms with Crippen molar-refractivity contribution in [1.29, 1.82) is 0 Å². The van der Waals surface area contributed by atoms with E-state index in [1.165, 1.54) is 23.5 Å². The first-order chi connectivity index (χ1) is 9.54. The molecule has 2 heterocycles. The lowest BCUT2D eigenvalue weighted by atomic mass is 10.2. The van der Waals surface area contributed by atoms with Crippen molar-refractivity contribution in [1.82, 2.24) is 9.55 Å². The van der Waals surface area contributed by atoms with Crippen molar-refractivity contribution in [2.24, 2.45) is 0 Å². The summed E-state index contributed by atoms with van der Waals surface area (Å²) in [6.45, 7) is 0.405. The quantitative estimate of drug-likeness (QED) is 0.781. The van der Waals surface area contributed by atoms with Gasteiger partial charge in [-0.05, 0) is 30.3 Å². The molecule has 0 atom stereocenters. The Bertz CT molecular complexity index is 862. The average Bonchev–Trinajstić information content (AvgIpc) is 2.94. The number of fused-ring (bicyclic) bond motifs is 1. The number of nitrogens with zero attached hydrogens (tertiary/aromatic N) is 1. The normalized spacial score (nSPS) is 11.1. The van der Waals surface area contributed by atoms with Gasteiger partial charge in [0.15, 0.2) is 0 Å². The third kappa shape index (κ3) is 2.23. The lowest BCUT2D eigenvalue weighted by molar-refractivity contribution is 0.0697. The molecule has 3 rings (SSSR count). The van der Waals surface area contributed by atoms with Gasteiger partial charge in [0.05, 0.1) is 27.5 Å². The molecule has 7 heteroatoms. The summed E-state index contributed by atoms with van der Waals surface area (Å²) in [6, 6.07) is 8.21. The van der Waals surface area contributed by atoms with Gasteiger partial charge in [0.25, 0.3) is 0 Å². The van der Waals surface area contributed by atoms with Gasteiger partial charge in [0, 0.05) is 4.88 Å². The summed E-state index contributed by atoms with van der Waals surface area (Å²) in [5.74, 6) is -1.02. The molecule has 5 nitrogen and oxygen atoms in total. The monoisotopic (exact) mass is 308 g/mol. The number of benzene rings is 1. The number of hydrogen-bond donors (Lipinski definition) is 2. The molecular weight excluding hydrogens is 300 g/mol. The van der Waals surface area contributed by atoms with Gasteiger partial charge in [0.1, 0.15) is 0 Å². The fourth-order valence-corrected chi connectivity index (χ4v) is 3.12. The molecule has 0 fully saturated rings. The van der Waals surface area contributed by atoms with Crippen LogP contribution in [0, 0.1) is 0 Å². The van der Waals surface area contributed by atoms with E-state index in [0.29, 0.717) is 21.9 Å². The first kappa shape index (κ1) is 13.0. The Morgan fingerprint density at radius 1 is 1.35 bits per heavy atom. The Kier molecular flexibility index (Phi) is 3.11. The molecule has 0 saturated carbocycles. The zero-order chi connectivity index (χ0) is 14.3. The number of aromatic amines is 1. The molecule has 3 aromatic rings. The van der Waals surface area contributed by atoms with Crippen molar-refractivity contribution < 1.29 is 9.90 Å². The fourth-order valence-electron chi connectivity index (χ4n) is 2.05. The molecule has 0 amide bonds. The van der Waals surface area contributed by atoms with Gasteiger partial charge in [-0.15, -0.1) is 11.3 Å². The van der Waals surface area contributed by atoms with Crippen molar-refractivity contribution in [3.05, 3.63) is 55.6 Å². The molecule has 2 aromatic heterocycles. The summed E-state index contributed by atoms with van der Waals surface area (Å²) in [6.07, 6.45) is 0. The predicted molar refractivity (Wildman–Crippen MR) is 77.9 cm³/mol. The van der Waals surface area contributed by atoms with E-state index in [4.69, 9.17) is 16.7 Å². The number of imidazole rings is 1. The van der Waals surface area contributed by atoms with E-state index in [9.17, 15) is 9.59 Å². The van der Waals surface area contributed by atoms with Crippen LogP contribution in [-0.4, -0.2) is 20.6 Å². The van der Waals surface area contributed by atoms with Crippen LogP contribution in [0.3, 0.4) is 0 Å². The Hall–Kier alpha value is -2.05. The number of thiophene rings is 1. The third-order valence-electron chi connectivity index (χ3n) is 2.96. The highest BCUT2D eigenvalue weighted by molar-refractivity contribution is 7.16. The number of aromatic nitrogens is 2. The van der Waals surface area contributed by atoms with Gasteiger partial charge in [-0.25, -0.2) is 9.59 Å². The molecule has 0 saturated heterocycles. The summed E-state index contributed by atoms with van der Waals surface area (Å²) in [5, 5.41) is 8.95. The van der Waals surface area contributed by atoms with E-state index in [-0.39, 0.29) is 11.3 Å². The summed E-state index contributed by atoms with van der Waals surface area (Å²) >= 11 is 7.28. The van der Waals surface area contributed by atoms with E-state index in [1.807, 2.05) is 6.07 Å². The van der Waals surface area contributed by atoms with Gasteiger partial charge in [0.2, 0.25) is 0 Å². The number of carboxylic acid groups (broad SMARTS) is 1. The Morgan fingerprint density at radius 3 is 2.80 bits per heavy atom. The van der Waals surface area contributed by atoms with E-state index in [2.05, 4.69) is 4.98 Å². The number of carbonyl (C=O) groups is 1. The zero-order valence-electron chi connectivity index (χ0n) is 10.1. The van der Waals surface area contributed by atoms with Gasteiger partial charge >= 0.3 is 11.7 Å². The summed E-state index contributed by atoms with van der Waals surface area (Å²) in [5.41, 5.74) is 1.05. The van der Waals surface area contributed by atoms with Gasteiger partial charge < -0.3 is 10.1 Å². The number of nitrogens with one attached hydrogen (secondary N) is 1. The van der Waals surface area contributed by atoms with Gasteiger partial charge in [-0.2, -0.15) is 0 Å². The largest absolute Gasteiger partial charge is 0.478 e. The maximum atomic E-state index is 12.0. The number of rotatable bonds is 3. The molecule has 0 aliphatic carbocycles. The number of halogens is 1. The summed E-state index contributed by atoms with van der Waals surface area (Å²) in [7, 11) is 0. The molecule has 0 aliphatic heterocycles. The molecule has 0 spiro atoms. The molecule has 0 bridgehead atoms. The molecule has 0 radical (unpaired) electrons.